The van der Waals surface area contributed by atoms with Crippen LogP contribution in [-0.4, -0.2) is 44.1 Å². The topological polar surface area (TPSA) is 123 Å². The molecule has 21 heavy (non-hydrogen) atoms. The highest BCUT2D eigenvalue weighted by molar-refractivity contribution is 5.96. The molecule has 1 heterocycles. The number of hydrogen-bond donors (Lipinski definition) is 3. The summed E-state index contributed by atoms with van der Waals surface area (Å²) in [5.41, 5.74) is 4.34. The molecule has 2 rings (SSSR count). The van der Waals surface area contributed by atoms with E-state index in [1.54, 1.807) is 0 Å². The van der Waals surface area contributed by atoms with Crippen LogP contribution in [0.15, 0.2) is 6.20 Å². The molecule has 4 N–H and O–H groups in total. The predicted octanol–water partition coefficient (Wildman–Crippen LogP) is 0.144. The molecule has 0 atom stereocenters. The summed E-state index contributed by atoms with van der Waals surface area (Å²) in [5, 5.41) is 19.7. The highest BCUT2D eigenvalue weighted by Gasteiger charge is 2.40. The van der Waals surface area contributed by atoms with Gasteiger partial charge in [-0.05, 0) is 12.8 Å². The van der Waals surface area contributed by atoms with E-state index in [0.717, 1.165) is 25.7 Å². The molecule has 1 aliphatic carbocycles. The molecule has 0 spiro atoms. The third kappa shape index (κ3) is 3.57. The van der Waals surface area contributed by atoms with E-state index in [1.165, 1.54) is 10.9 Å². The number of carboxylic acid groups (broad SMARTS) is 1. The molecule has 116 valence electrons. The molecule has 8 nitrogen and oxygen atoms in total. The minimum Gasteiger partial charge on any atom is -0.480 e. The average molecular weight is 295 g/mol. The lowest BCUT2D eigenvalue weighted by atomic mass is 9.90. The SMILES string of the molecule is NCCn1cc(C(=O)NC2(C(=O)O)CCCCCC2)nn1. The number of carboxylic acids is 1. The Balaban J connectivity index is 2.11. The van der Waals surface area contributed by atoms with Gasteiger partial charge in [-0.1, -0.05) is 30.9 Å². The molecule has 0 bridgehead atoms. The van der Waals surface area contributed by atoms with Crippen LogP contribution in [0.25, 0.3) is 0 Å². The van der Waals surface area contributed by atoms with Crippen LogP contribution in [0, 0.1) is 0 Å². The first-order valence-corrected chi connectivity index (χ1v) is 7.23. The van der Waals surface area contributed by atoms with E-state index >= 15 is 0 Å². The Kier molecular flexibility index (Phi) is 4.89. The van der Waals surface area contributed by atoms with Gasteiger partial charge in [-0.15, -0.1) is 5.10 Å². The van der Waals surface area contributed by atoms with Gasteiger partial charge < -0.3 is 16.2 Å². The normalized spacial score (nSPS) is 18.0. The van der Waals surface area contributed by atoms with E-state index in [9.17, 15) is 14.7 Å². The van der Waals surface area contributed by atoms with Gasteiger partial charge in [0.2, 0.25) is 0 Å². The quantitative estimate of drug-likeness (QED) is 0.664. The van der Waals surface area contributed by atoms with Crippen molar-refractivity contribution >= 4 is 11.9 Å². The minimum absolute atomic E-state index is 0.119. The van der Waals surface area contributed by atoms with Crippen LogP contribution < -0.4 is 11.1 Å². The molecule has 1 aliphatic rings. The largest absolute Gasteiger partial charge is 0.480 e. The Morgan fingerprint density at radius 1 is 1.33 bits per heavy atom. The van der Waals surface area contributed by atoms with Gasteiger partial charge >= 0.3 is 5.97 Å². The Labute approximate surface area is 122 Å². The summed E-state index contributed by atoms with van der Waals surface area (Å²) in [5.74, 6) is -1.48. The first-order chi connectivity index (χ1) is 10.1. The Bertz CT molecular complexity index is 506. The number of nitrogens with two attached hydrogens (primary N) is 1. The fraction of sp³-hybridized carbons (Fsp3) is 0.692. The van der Waals surface area contributed by atoms with Gasteiger partial charge in [0.05, 0.1) is 12.7 Å². The molecular weight excluding hydrogens is 274 g/mol. The smallest absolute Gasteiger partial charge is 0.329 e. The molecule has 1 saturated carbocycles. The van der Waals surface area contributed by atoms with Crippen molar-refractivity contribution in [3.8, 4) is 0 Å². The molecule has 1 aromatic rings. The zero-order chi connectivity index (χ0) is 15.3. The number of rotatable bonds is 5. The average Bonchev–Trinajstić information content (AvgIpc) is 2.78. The second-order valence-electron chi connectivity index (χ2n) is 5.41. The summed E-state index contributed by atoms with van der Waals surface area (Å²) in [6, 6.07) is 0. The zero-order valence-corrected chi connectivity index (χ0v) is 11.9. The van der Waals surface area contributed by atoms with E-state index < -0.39 is 17.4 Å². The summed E-state index contributed by atoms with van der Waals surface area (Å²) >= 11 is 0. The third-order valence-corrected chi connectivity index (χ3v) is 3.85. The molecule has 0 saturated heterocycles. The summed E-state index contributed by atoms with van der Waals surface area (Å²) < 4.78 is 1.47. The van der Waals surface area contributed by atoms with Crippen LogP contribution in [0.3, 0.4) is 0 Å². The van der Waals surface area contributed by atoms with E-state index in [0.29, 0.717) is 25.9 Å². The van der Waals surface area contributed by atoms with Crippen LogP contribution in [0.2, 0.25) is 0 Å². The number of nitrogens with one attached hydrogen (secondary N) is 1. The third-order valence-electron chi connectivity index (χ3n) is 3.85. The number of amides is 1. The molecule has 0 radical (unpaired) electrons. The van der Waals surface area contributed by atoms with Gasteiger partial charge in [-0.3, -0.25) is 9.48 Å². The zero-order valence-electron chi connectivity index (χ0n) is 11.9. The van der Waals surface area contributed by atoms with Crippen molar-refractivity contribution in [1.82, 2.24) is 20.3 Å². The van der Waals surface area contributed by atoms with E-state index in [2.05, 4.69) is 15.6 Å². The van der Waals surface area contributed by atoms with Crippen molar-refractivity contribution in [2.45, 2.75) is 50.6 Å². The second kappa shape index (κ2) is 6.66. The number of hydrogen-bond acceptors (Lipinski definition) is 5. The number of aliphatic carboxylic acids is 1. The van der Waals surface area contributed by atoms with Crippen molar-refractivity contribution in [3.63, 3.8) is 0 Å². The number of carbonyl (C=O) groups is 2. The van der Waals surface area contributed by atoms with Crippen molar-refractivity contribution in [1.29, 1.82) is 0 Å². The van der Waals surface area contributed by atoms with Gasteiger partial charge in [-0.2, -0.15) is 0 Å². The number of nitrogens with zero attached hydrogens (tertiary/aromatic N) is 3. The summed E-state index contributed by atoms with van der Waals surface area (Å²) in [7, 11) is 0. The highest BCUT2D eigenvalue weighted by atomic mass is 16.4. The minimum atomic E-state index is -1.19. The van der Waals surface area contributed by atoms with Crippen LogP contribution in [-0.2, 0) is 11.3 Å². The molecule has 0 aromatic carbocycles. The van der Waals surface area contributed by atoms with E-state index in [-0.39, 0.29) is 5.69 Å². The fourth-order valence-electron chi connectivity index (χ4n) is 2.65. The summed E-state index contributed by atoms with van der Waals surface area (Å²) in [6.07, 6.45) is 5.97. The van der Waals surface area contributed by atoms with Crippen molar-refractivity contribution in [2.75, 3.05) is 6.54 Å². The van der Waals surface area contributed by atoms with Crippen molar-refractivity contribution in [3.05, 3.63) is 11.9 Å². The van der Waals surface area contributed by atoms with E-state index in [4.69, 9.17) is 5.73 Å². The summed E-state index contributed by atoms with van der Waals surface area (Å²) in [6.45, 7) is 0.855. The molecule has 0 aliphatic heterocycles. The molecule has 0 unspecified atom stereocenters. The van der Waals surface area contributed by atoms with Gasteiger partial charge in [0.1, 0.15) is 5.54 Å². The maximum absolute atomic E-state index is 12.2. The molecule has 1 aromatic heterocycles. The molecule has 1 fully saturated rings. The van der Waals surface area contributed by atoms with Crippen molar-refractivity contribution < 1.29 is 14.7 Å². The lowest BCUT2D eigenvalue weighted by Crippen LogP contribution is -2.54. The Hall–Kier alpha value is -1.96. The van der Waals surface area contributed by atoms with Crippen LogP contribution in [0.5, 0.6) is 0 Å². The standard InChI is InChI=1S/C13H21N5O3/c14-7-8-18-9-10(16-17-18)11(19)15-13(12(20)21)5-3-1-2-4-6-13/h9H,1-8,14H2,(H,15,19)(H,20,21). The second-order valence-corrected chi connectivity index (χ2v) is 5.41. The highest BCUT2D eigenvalue weighted by Crippen LogP contribution is 2.27. The van der Waals surface area contributed by atoms with Crippen molar-refractivity contribution in [2.24, 2.45) is 5.73 Å². The first-order valence-electron chi connectivity index (χ1n) is 7.23. The predicted molar refractivity (Wildman–Crippen MR) is 74.6 cm³/mol. The number of aromatic nitrogens is 3. The monoisotopic (exact) mass is 295 g/mol. The van der Waals surface area contributed by atoms with Gasteiger partial charge in [0, 0.05) is 6.54 Å². The molecule has 8 heteroatoms. The van der Waals surface area contributed by atoms with Crippen LogP contribution in [0.1, 0.15) is 49.0 Å². The van der Waals surface area contributed by atoms with Gasteiger partial charge in [-0.25, -0.2) is 4.79 Å². The fourth-order valence-corrected chi connectivity index (χ4v) is 2.65. The molecule has 1 amide bonds. The van der Waals surface area contributed by atoms with Gasteiger partial charge in [0.15, 0.2) is 5.69 Å². The lowest BCUT2D eigenvalue weighted by molar-refractivity contribution is -0.145. The lowest BCUT2D eigenvalue weighted by Gasteiger charge is -2.28. The number of carbonyl (C=O) groups excluding carboxylic acids is 1. The Morgan fingerprint density at radius 2 is 2.00 bits per heavy atom. The molecular formula is C13H21N5O3. The maximum Gasteiger partial charge on any atom is 0.329 e. The van der Waals surface area contributed by atoms with E-state index in [1.807, 2.05) is 0 Å². The van der Waals surface area contributed by atoms with Crippen LogP contribution >= 0.6 is 0 Å². The van der Waals surface area contributed by atoms with Gasteiger partial charge in [0.25, 0.3) is 5.91 Å². The summed E-state index contributed by atoms with van der Waals surface area (Å²) in [4.78, 5) is 23.9. The Morgan fingerprint density at radius 3 is 2.57 bits per heavy atom. The maximum atomic E-state index is 12.2. The first kappa shape index (κ1) is 15.4. The van der Waals surface area contributed by atoms with Crippen LogP contribution in [0.4, 0.5) is 0 Å².